The van der Waals surface area contributed by atoms with Gasteiger partial charge in [-0.05, 0) is 18.2 Å². The Hall–Kier alpha value is -2.15. The van der Waals surface area contributed by atoms with Crippen molar-refractivity contribution in [2.45, 2.75) is 12.5 Å². The van der Waals surface area contributed by atoms with E-state index in [4.69, 9.17) is 15.9 Å². The second-order valence-corrected chi connectivity index (χ2v) is 3.61. The first kappa shape index (κ1) is 13.9. The van der Waals surface area contributed by atoms with Gasteiger partial charge in [0.15, 0.2) is 0 Å². The lowest BCUT2D eigenvalue weighted by atomic mass is 10.1. The third-order valence-electron chi connectivity index (χ3n) is 2.28. The number of anilines is 1. The SMILES string of the molecule is Nc1ccc(F)cc1C(=O)NC(CCO)C(=O)O. The van der Waals surface area contributed by atoms with Crippen LogP contribution in [0.25, 0.3) is 0 Å². The molecule has 7 heteroatoms. The van der Waals surface area contributed by atoms with Crippen molar-refractivity contribution >= 4 is 17.6 Å². The van der Waals surface area contributed by atoms with Gasteiger partial charge in [-0.15, -0.1) is 0 Å². The van der Waals surface area contributed by atoms with Crippen LogP contribution in [0.3, 0.4) is 0 Å². The van der Waals surface area contributed by atoms with E-state index in [1.54, 1.807) is 0 Å². The molecule has 0 aromatic heterocycles. The molecule has 0 heterocycles. The highest BCUT2D eigenvalue weighted by molar-refractivity contribution is 6.00. The number of hydrogen-bond donors (Lipinski definition) is 4. The van der Waals surface area contributed by atoms with Crippen molar-refractivity contribution < 1.29 is 24.2 Å². The summed E-state index contributed by atoms with van der Waals surface area (Å²) in [6.07, 6.45) is -0.143. The van der Waals surface area contributed by atoms with Gasteiger partial charge in [0.25, 0.3) is 5.91 Å². The molecule has 1 aromatic rings. The quantitative estimate of drug-likeness (QED) is 0.553. The number of amides is 1. The number of nitrogens with one attached hydrogen (secondary N) is 1. The number of carboxylic acids is 1. The monoisotopic (exact) mass is 256 g/mol. The van der Waals surface area contributed by atoms with E-state index in [-0.39, 0.29) is 17.7 Å². The number of rotatable bonds is 5. The van der Waals surface area contributed by atoms with Crippen LogP contribution in [-0.4, -0.2) is 34.7 Å². The fourth-order valence-corrected chi connectivity index (χ4v) is 1.35. The Kier molecular flexibility index (Phi) is 4.61. The highest BCUT2D eigenvalue weighted by Crippen LogP contribution is 2.13. The molecule has 1 rings (SSSR count). The van der Waals surface area contributed by atoms with E-state index in [1.165, 1.54) is 6.07 Å². The minimum absolute atomic E-state index is 0.0436. The second-order valence-electron chi connectivity index (χ2n) is 3.61. The number of nitrogen functional groups attached to an aromatic ring is 1. The third-order valence-corrected chi connectivity index (χ3v) is 2.28. The number of hydrogen-bond acceptors (Lipinski definition) is 4. The van der Waals surface area contributed by atoms with Crippen molar-refractivity contribution in [1.29, 1.82) is 0 Å². The molecule has 0 aliphatic rings. The van der Waals surface area contributed by atoms with Crippen molar-refractivity contribution in [3.05, 3.63) is 29.6 Å². The molecule has 0 radical (unpaired) electrons. The van der Waals surface area contributed by atoms with E-state index in [0.717, 1.165) is 12.1 Å². The zero-order valence-electron chi connectivity index (χ0n) is 9.39. The Morgan fingerprint density at radius 2 is 2.11 bits per heavy atom. The first-order chi connectivity index (χ1) is 8.45. The lowest BCUT2D eigenvalue weighted by molar-refractivity contribution is -0.139. The maximum Gasteiger partial charge on any atom is 0.326 e. The molecular formula is C11H13FN2O4. The Labute approximate surface area is 102 Å². The summed E-state index contributed by atoms with van der Waals surface area (Å²) >= 11 is 0. The Morgan fingerprint density at radius 1 is 1.44 bits per heavy atom. The Bertz CT molecular complexity index is 464. The first-order valence-electron chi connectivity index (χ1n) is 5.15. The molecule has 5 N–H and O–H groups in total. The van der Waals surface area contributed by atoms with Crippen LogP contribution in [0.5, 0.6) is 0 Å². The molecule has 1 atom stereocenters. The molecule has 1 unspecified atom stereocenters. The largest absolute Gasteiger partial charge is 0.480 e. The number of aliphatic hydroxyl groups is 1. The smallest absolute Gasteiger partial charge is 0.326 e. The lowest BCUT2D eigenvalue weighted by Gasteiger charge is -2.14. The fraction of sp³-hybridized carbons (Fsp3) is 0.273. The number of carbonyl (C=O) groups is 2. The summed E-state index contributed by atoms with van der Waals surface area (Å²) in [5, 5.41) is 19.6. The van der Waals surface area contributed by atoms with Gasteiger partial charge < -0.3 is 21.3 Å². The van der Waals surface area contributed by atoms with E-state index >= 15 is 0 Å². The Morgan fingerprint density at radius 3 is 2.67 bits per heavy atom. The molecule has 0 saturated heterocycles. The summed E-state index contributed by atoms with van der Waals surface area (Å²) in [5.41, 5.74) is 5.40. The maximum absolute atomic E-state index is 13.0. The van der Waals surface area contributed by atoms with Gasteiger partial charge in [0.2, 0.25) is 0 Å². The van der Waals surface area contributed by atoms with Crippen LogP contribution < -0.4 is 11.1 Å². The molecule has 0 bridgehead atoms. The Balaban J connectivity index is 2.86. The van der Waals surface area contributed by atoms with Gasteiger partial charge in [0.05, 0.1) is 5.56 Å². The number of benzene rings is 1. The predicted molar refractivity (Wildman–Crippen MR) is 61.4 cm³/mol. The molecule has 0 fully saturated rings. The van der Waals surface area contributed by atoms with Crippen molar-refractivity contribution in [3.8, 4) is 0 Å². The average molecular weight is 256 g/mol. The summed E-state index contributed by atoms with van der Waals surface area (Å²) in [6, 6.07) is 1.98. The van der Waals surface area contributed by atoms with Crippen LogP contribution >= 0.6 is 0 Å². The average Bonchev–Trinajstić information content (AvgIpc) is 2.31. The molecule has 0 saturated carbocycles. The molecule has 1 aromatic carbocycles. The first-order valence-corrected chi connectivity index (χ1v) is 5.15. The normalized spacial score (nSPS) is 11.9. The van der Waals surface area contributed by atoms with E-state index in [1.807, 2.05) is 0 Å². The molecule has 98 valence electrons. The van der Waals surface area contributed by atoms with Gasteiger partial charge in [0.1, 0.15) is 11.9 Å². The lowest BCUT2D eigenvalue weighted by Crippen LogP contribution is -2.41. The zero-order valence-corrected chi connectivity index (χ0v) is 9.39. The maximum atomic E-state index is 13.0. The standard InChI is InChI=1S/C11H13FN2O4/c12-6-1-2-8(13)7(5-6)10(16)14-9(3-4-15)11(17)18/h1-2,5,9,15H,3-4,13H2,(H,14,16)(H,17,18). The highest BCUT2D eigenvalue weighted by atomic mass is 19.1. The van der Waals surface area contributed by atoms with Crippen LogP contribution in [0.4, 0.5) is 10.1 Å². The van der Waals surface area contributed by atoms with Crippen LogP contribution in [0.15, 0.2) is 18.2 Å². The number of aliphatic hydroxyl groups excluding tert-OH is 1. The number of carboxylic acid groups (broad SMARTS) is 1. The van der Waals surface area contributed by atoms with Crippen LogP contribution in [-0.2, 0) is 4.79 Å². The summed E-state index contributed by atoms with van der Waals surface area (Å²) < 4.78 is 13.0. The van der Waals surface area contributed by atoms with Gasteiger partial charge in [0, 0.05) is 18.7 Å². The molecule has 0 aliphatic heterocycles. The number of aliphatic carboxylic acids is 1. The van der Waals surface area contributed by atoms with Gasteiger partial charge in [-0.1, -0.05) is 0 Å². The molecule has 0 spiro atoms. The summed E-state index contributed by atoms with van der Waals surface area (Å²) in [5.74, 6) is -2.73. The van der Waals surface area contributed by atoms with E-state index in [0.29, 0.717) is 0 Å². The predicted octanol–water partition coefficient (Wildman–Crippen LogP) is -0.0267. The molecular weight excluding hydrogens is 243 g/mol. The van der Waals surface area contributed by atoms with Crippen molar-refractivity contribution in [1.82, 2.24) is 5.32 Å². The third kappa shape index (κ3) is 3.42. The van der Waals surface area contributed by atoms with Gasteiger partial charge >= 0.3 is 5.97 Å². The van der Waals surface area contributed by atoms with Crippen molar-refractivity contribution in [2.75, 3.05) is 12.3 Å². The van der Waals surface area contributed by atoms with E-state index in [2.05, 4.69) is 5.32 Å². The second kappa shape index (κ2) is 5.97. The van der Waals surface area contributed by atoms with E-state index in [9.17, 15) is 14.0 Å². The van der Waals surface area contributed by atoms with Gasteiger partial charge in [-0.25, -0.2) is 9.18 Å². The van der Waals surface area contributed by atoms with Gasteiger partial charge in [-0.2, -0.15) is 0 Å². The van der Waals surface area contributed by atoms with Crippen LogP contribution in [0.2, 0.25) is 0 Å². The zero-order chi connectivity index (χ0) is 13.7. The number of halogens is 1. The topological polar surface area (TPSA) is 113 Å². The number of carbonyl (C=O) groups excluding carboxylic acids is 1. The number of nitrogens with two attached hydrogens (primary N) is 1. The van der Waals surface area contributed by atoms with Crippen LogP contribution in [0, 0.1) is 5.82 Å². The molecule has 6 nitrogen and oxygen atoms in total. The molecule has 18 heavy (non-hydrogen) atoms. The minimum Gasteiger partial charge on any atom is -0.480 e. The summed E-state index contributed by atoms with van der Waals surface area (Å²) in [4.78, 5) is 22.5. The fourth-order valence-electron chi connectivity index (χ4n) is 1.35. The van der Waals surface area contributed by atoms with Gasteiger partial charge in [-0.3, -0.25) is 4.79 Å². The van der Waals surface area contributed by atoms with Crippen molar-refractivity contribution in [3.63, 3.8) is 0 Å². The highest BCUT2D eigenvalue weighted by Gasteiger charge is 2.21. The molecule has 0 aliphatic carbocycles. The van der Waals surface area contributed by atoms with Crippen LogP contribution in [0.1, 0.15) is 16.8 Å². The summed E-state index contributed by atoms with van der Waals surface area (Å²) in [7, 11) is 0. The van der Waals surface area contributed by atoms with Crippen molar-refractivity contribution in [2.24, 2.45) is 0 Å². The summed E-state index contributed by atoms with van der Waals surface area (Å²) in [6.45, 7) is -0.393. The molecule has 1 amide bonds. The van der Waals surface area contributed by atoms with E-state index < -0.39 is 30.3 Å². The minimum atomic E-state index is -1.28.